The molecule has 0 bridgehead atoms. The number of nitrogens with zero attached hydrogens (tertiary/aromatic N) is 1. The number of aliphatic hydroxyl groups is 2. The van der Waals surface area contributed by atoms with Crippen molar-refractivity contribution in [3.63, 3.8) is 0 Å². The van der Waals surface area contributed by atoms with Gasteiger partial charge in [0.1, 0.15) is 0 Å². The standard InChI is InChI=1S/C17H25NO6/c1-12(20)11-18(7-8-19)16(21)6-5-13-9-14(22-2)17(24-4)15(10-13)23-3/h5-6,9-10,12,19-20H,7-8,11H2,1-4H3. The maximum absolute atomic E-state index is 12.2. The molecule has 7 nitrogen and oxygen atoms in total. The third kappa shape index (κ3) is 5.43. The predicted molar refractivity (Wildman–Crippen MR) is 90.5 cm³/mol. The molecule has 0 aromatic heterocycles. The molecule has 0 spiro atoms. The van der Waals surface area contributed by atoms with Crippen molar-refractivity contribution in [3.8, 4) is 17.2 Å². The Morgan fingerprint density at radius 3 is 2.21 bits per heavy atom. The van der Waals surface area contributed by atoms with Gasteiger partial charge in [-0.1, -0.05) is 0 Å². The van der Waals surface area contributed by atoms with Crippen LogP contribution in [0, 0.1) is 0 Å². The predicted octanol–water partition coefficient (Wildman–Crippen LogP) is 0.927. The highest BCUT2D eigenvalue weighted by Gasteiger charge is 2.14. The summed E-state index contributed by atoms with van der Waals surface area (Å²) in [6.45, 7) is 1.72. The Balaban J connectivity index is 3.01. The van der Waals surface area contributed by atoms with Crippen molar-refractivity contribution in [1.29, 1.82) is 0 Å². The number of hydrogen-bond donors (Lipinski definition) is 2. The lowest BCUT2D eigenvalue weighted by molar-refractivity contribution is -0.127. The van der Waals surface area contributed by atoms with Crippen LogP contribution in [0.15, 0.2) is 18.2 Å². The monoisotopic (exact) mass is 339 g/mol. The van der Waals surface area contributed by atoms with Crippen molar-refractivity contribution in [2.45, 2.75) is 13.0 Å². The molecular formula is C17H25NO6. The van der Waals surface area contributed by atoms with Crippen molar-refractivity contribution >= 4 is 12.0 Å². The van der Waals surface area contributed by atoms with Gasteiger partial charge in [-0.25, -0.2) is 0 Å². The van der Waals surface area contributed by atoms with Crippen molar-refractivity contribution in [2.24, 2.45) is 0 Å². The zero-order valence-corrected chi connectivity index (χ0v) is 14.5. The highest BCUT2D eigenvalue weighted by Crippen LogP contribution is 2.38. The molecule has 2 N–H and O–H groups in total. The minimum absolute atomic E-state index is 0.152. The van der Waals surface area contributed by atoms with E-state index in [0.29, 0.717) is 22.8 Å². The van der Waals surface area contributed by atoms with Crippen molar-refractivity contribution in [1.82, 2.24) is 4.90 Å². The van der Waals surface area contributed by atoms with E-state index in [1.54, 1.807) is 25.1 Å². The van der Waals surface area contributed by atoms with Gasteiger partial charge in [-0.3, -0.25) is 4.79 Å². The molecular weight excluding hydrogens is 314 g/mol. The van der Waals surface area contributed by atoms with E-state index < -0.39 is 6.10 Å². The molecule has 7 heteroatoms. The second-order valence-electron chi connectivity index (χ2n) is 5.15. The summed E-state index contributed by atoms with van der Waals surface area (Å²) in [6, 6.07) is 3.44. The molecule has 1 aromatic carbocycles. The van der Waals surface area contributed by atoms with Crippen LogP contribution in [0.5, 0.6) is 17.2 Å². The Hall–Kier alpha value is -2.25. The van der Waals surface area contributed by atoms with E-state index in [4.69, 9.17) is 19.3 Å². The second-order valence-corrected chi connectivity index (χ2v) is 5.15. The first-order chi connectivity index (χ1) is 11.5. The minimum atomic E-state index is -0.671. The van der Waals surface area contributed by atoms with Crippen molar-refractivity contribution in [2.75, 3.05) is 41.0 Å². The zero-order valence-electron chi connectivity index (χ0n) is 14.5. The van der Waals surface area contributed by atoms with Gasteiger partial charge in [0.05, 0.1) is 34.0 Å². The fourth-order valence-corrected chi connectivity index (χ4v) is 2.20. The number of hydrogen-bond acceptors (Lipinski definition) is 6. The Labute approximate surface area is 142 Å². The molecule has 1 amide bonds. The summed E-state index contributed by atoms with van der Waals surface area (Å²) in [6.07, 6.45) is 2.31. The Kier molecular flexibility index (Phi) is 8.08. The molecule has 0 aliphatic carbocycles. The van der Waals surface area contributed by atoms with E-state index in [1.165, 1.54) is 32.3 Å². The quantitative estimate of drug-likeness (QED) is 0.651. The lowest BCUT2D eigenvalue weighted by atomic mass is 10.1. The number of methoxy groups -OCH3 is 3. The third-order valence-electron chi connectivity index (χ3n) is 3.27. The van der Waals surface area contributed by atoms with Crippen LogP contribution in [0.3, 0.4) is 0 Å². The molecule has 1 aromatic rings. The summed E-state index contributed by atoms with van der Waals surface area (Å²) in [5, 5.41) is 18.5. The van der Waals surface area contributed by atoms with Crippen LogP contribution in [0.2, 0.25) is 0 Å². The fraction of sp³-hybridized carbons (Fsp3) is 0.471. The van der Waals surface area contributed by atoms with Crippen LogP contribution in [0.25, 0.3) is 6.08 Å². The number of ether oxygens (including phenoxy) is 3. The maximum atomic E-state index is 12.2. The fourth-order valence-electron chi connectivity index (χ4n) is 2.20. The van der Waals surface area contributed by atoms with E-state index in [9.17, 15) is 9.90 Å². The van der Waals surface area contributed by atoms with E-state index in [1.807, 2.05) is 0 Å². The van der Waals surface area contributed by atoms with Gasteiger partial charge in [0.15, 0.2) is 11.5 Å². The molecule has 0 aliphatic rings. The van der Waals surface area contributed by atoms with Gasteiger partial charge in [0.25, 0.3) is 0 Å². The first-order valence-corrected chi connectivity index (χ1v) is 7.52. The molecule has 0 aliphatic heterocycles. The average Bonchev–Trinajstić information content (AvgIpc) is 2.57. The number of rotatable bonds is 9. The van der Waals surface area contributed by atoms with Gasteiger partial charge >= 0.3 is 0 Å². The van der Waals surface area contributed by atoms with E-state index in [-0.39, 0.29) is 25.6 Å². The largest absolute Gasteiger partial charge is 0.493 e. The van der Waals surface area contributed by atoms with Crippen molar-refractivity contribution in [3.05, 3.63) is 23.8 Å². The third-order valence-corrected chi connectivity index (χ3v) is 3.27. The zero-order chi connectivity index (χ0) is 18.1. The number of aliphatic hydroxyl groups excluding tert-OH is 2. The van der Waals surface area contributed by atoms with Gasteiger partial charge in [-0.05, 0) is 30.7 Å². The van der Waals surface area contributed by atoms with Gasteiger partial charge in [0, 0.05) is 19.2 Å². The number of carbonyl (C=O) groups is 1. The molecule has 0 fully saturated rings. The number of amides is 1. The first-order valence-electron chi connectivity index (χ1n) is 7.52. The van der Waals surface area contributed by atoms with E-state index in [0.717, 1.165) is 0 Å². The molecule has 24 heavy (non-hydrogen) atoms. The van der Waals surface area contributed by atoms with Crippen LogP contribution in [-0.2, 0) is 4.79 Å². The molecule has 1 rings (SSSR count). The summed E-state index contributed by atoms with van der Waals surface area (Å²) in [5.74, 6) is 1.14. The Morgan fingerprint density at radius 2 is 1.79 bits per heavy atom. The summed E-state index contributed by atoms with van der Waals surface area (Å²) in [5.41, 5.74) is 0.693. The molecule has 1 atom stereocenters. The maximum Gasteiger partial charge on any atom is 0.246 e. The molecule has 0 saturated heterocycles. The van der Waals surface area contributed by atoms with Crippen LogP contribution in [0.1, 0.15) is 12.5 Å². The second kappa shape index (κ2) is 9.79. The van der Waals surface area contributed by atoms with Crippen LogP contribution in [-0.4, -0.2) is 68.1 Å². The molecule has 134 valence electrons. The van der Waals surface area contributed by atoms with E-state index >= 15 is 0 Å². The molecule has 0 saturated carbocycles. The smallest absolute Gasteiger partial charge is 0.246 e. The normalized spacial score (nSPS) is 12.1. The SMILES string of the molecule is COc1cc(C=CC(=O)N(CCO)CC(C)O)cc(OC)c1OC. The lowest BCUT2D eigenvalue weighted by Gasteiger charge is -2.21. The molecule has 1 unspecified atom stereocenters. The topological polar surface area (TPSA) is 88.5 Å². The van der Waals surface area contributed by atoms with Crippen molar-refractivity contribution < 1.29 is 29.2 Å². The lowest BCUT2D eigenvalue weighted by Crippen LogP contribution is -2.37. The van der Waals surface area contributed by atoms with Gasteiger partial charge in [0.2, 0.25) is 11.7 Å². The highest BCUT2D eigenvalue weighted by molar-refractivity contribution is 5.92. The summed E-state index contributed by atoms with van der Waals surface area (Å²) < 4.78 is 15.8. The van der Waals surface area contributed by atoms with Gasteiger partial charge in [-0.15, -0.1) is 0 Å². The van der Waals surface area contributed by atoms with Crippen LogP contribution < -0.4 is 14.2 Å². The Bertz CT molecular complexity index is 545. The van der Waals surface area contributed by atoms with Crippen LogP contribution in [0.4, 0.5) is 0 Å². The average molecular weight is 339 g/mol. The molecule has 0 heterocycles. The Morgan fingerprint density at radius 1 is 1.21 bits per heavy atom. The van der Waals surface area contributed by atoms with Crippen LogP contribution >= 0.6 is 0 Å². The van der Waals surface area contributed by atoms with E-state index in [2.05, 4.69) is 0 Å². The molecule has 0 radical (unpaired) electrons. The number of benzene rings is 1. The summed E-state index contributed by atoms with van der Waals surface area (Å²) >= 11 is 0. The van der Waals surface area contributed by atoms with Gasteiger partial charge < -0.3 is 29.3 Å². The minimum Gasteiger partial charge on any atom is -0.493 e. The highest BCUT2D eigenvalue weighted by atomic mass is 16.5. The summed E-state index contributed by atoms with van der Waals surface area (Å²) in [7, 11) is 4.55. The van der Waals surface area contributed by atoms with Gasteiger partial charge in [-0.2, -0.15) is 0 Å². The summed E-state index contributed by atoms with van der Waals surface area (Å²) in [4.78, 5) is 13.6. The first kappa shape index (κ1) is 19.8. The number of carbonyl (C=O) groups excluding carboxylic acids is 1.